The molecule has 0 radical (unpaired) electrons. The summed E-state index contributed by atoms with van der Waals surface area (Å²) >= 11 is 2.83. The third kappa shape index (κ3) is 4.36. The largest absolute Gasteiger partial charge is 0.448 e. The van der Waals surface area contributed by atoms with Gasteiger partial charge in [-0.15, -0.1) is 22.7 Å². The zero-order valence-corrected chi connectivity index (χ0v) is 16.0. The molecule has 0 aliphatic carbocycles. The average Bonchev–Trinajstić information content (AvgIpc) is 3.29. The minimum absolute atomic E-state index is 0.322. The standard InChI is InChI=1S/C19H18N2O3S2/c1-12-16(26-18(21-12)14-7-4-3-5-8-14)19(23)24-13(2)17(22)20-11-15-9-6-10-25-15/h3-10,13H,11H2,1-2H3,(H,20,22)/t13-/m1/s1. The molecule has 5 nitrogen and oxygen atoms in total. The second kappa shape index (κ2) is 8.25. The van der Waals surface area contributed by atoms with E-state index < -0.39 is 12.1 Å². The van der Waals surface area contributed by atoms with E-state index in [1.165, 1.54) is 11.3 Å². The van der Waals surface area contributed by atoms with Crippen LogP contribution in [-0.2, 0) is 16.1 Å². The molecular formula is C19H18N2O3S2. The van der Waals surface area contributed by atoms with Gasteiger partial charge in [-0.2, -0.15) is 0 Å². The Labute approximate surface area is 159 Å². The van der Waals surface area contributed by atoms with Crippen LogP contribution in [0.1, 0.15) is 27.2 Å². The number of thiophene rings is 1. The van der Waals surface area contributed by atoms with Gasteiger partial charge in [-0.3, -0.25) is 4.79 Å². The summed E-state index contributed by atoms with van der Waals surface area (Å²) in [6.45, 7) is 3.76. The van der Waals surface area contributed by atoms with E-state index in [1.54, 1.807) is 25.2 Å². The van der Waals surface area contributed by atoms with Gasteiger partial charge in [-0.1, -0.05) is 36.4 Å². The highest BCUT2D eigenvalue weighted by Crippen LogP contribution is 2.28. The summed E-state index contributed by atoms with van der Waals surface area (Å²) in [4.78, 5) is 30.5. The van der Waals surface area contributed by atoms with Crippen molar-refractivity contribution < 1.29 is 14.3 Å². The molecule has 0 saturated carbocycles. The highest BCUT2D eigenvalue weighted by Gasteiger charge is 2.23. The number of carbonyl (C=O) groups is 2. The molecule has 0 fully saturated rings. The predicted octanol–water partition coefficient (Wildman–Crippen LogP) is 4.04. The maximum atomic E-state index is 12.4. The first-order valence-electron chi connectivity index (χ1n) is 8.08. The normalized spacial score (nSPS) is 11.8. The first kappa shape index (κ1) is 18.3. The summed E-state index contributed by atoms with van der Waals surface area (Å²) in [5.74, 6) is -0.849. The topological polar surface area (TPSA) is 68.3 Å². The van der Waals surface area contributed by atoms with E-state index in [-0.39, 0.29) is 5.91 Å². The lowest BCUT2D eigenvalue weighted by atomic mass is 10.2. The second-order valence-electron chi connectivity index (χ2n) is 5.64. The minimum Gasteiger partial charge on any atom is -0.448 e. The quantitative estimate of drug-likeness (QED) is 0.649. The second-order valence-corrected chi connectivity index (χ2v) is 7.68. The Balaban J connectivity index is 1.62. The van der Waals surface area contributed by atoms with E-state index in [9.17, 15) is 9.59 Å². The summed E-state index contributed by atoms with van der Waals surface area (Å²) in [6, 6.07) is 13.5. The maximum absolute atomic E-state index is 12.4. The molecule has 2 aromatic heterocycles. The summed E-state index contributed by atoms with van der Waals surface area (Å²) < 4.78 is 5.32. The van der Waals surface area contributed by atoms with Crippen LogP contribution < -0.4 is 5.32 Å². The summed E-state index contributed by atoms with van der Waals surface area (Å²) in [6.07, 6.45) is -0.871. The van der Waals surface area contributed by atoms with Crippen LogP contribution in [0.4, 0.5) is 0 Å². The number of amides is 1. The third-order valence-electron chi connectivity index (χ3n) is 3.67. The molecule has 0 unspecified atom stereocenters. The van der Waals surface area contributed by atoms with Crippen molar-refractivity contribution in [2.24, 2.45) is 0 Å². The fourth-order valence-electron chi connectivity index (χ4n) is 2.29. The van der Waals surface area contributed by atoms with Crippen molar-refractivity contribution in [2.45, 2.75) is 26.5 Å². The first-order chi connectivity index (χ1) is 12.5. The van der Waals surface area contributed by atoms with Gasteiger partial charge >= 0.3 is 5.97 Å². The number of aryl methyl sites for hydroxylation is 1. The number of benzene rings is 1. The number of hydrogen-bond acceptors (Lipinski definition) is 6. The molecular weight excluding hydrogens is 368 g/mol. The number of ether oxygens (including phenoxy) is 1. The molecule has 3 aromatic rings. The van der Waals surface area contributed by atoms with Crippen LogP contribution in [0.5, 0.6) is 0 Å². The predicted molar refractivity (Wildman–Crippen MR) is 103 cm³/mol. The van der Waals surface area contributed by atoms with Gasteiger partial charge < -0.3 is 10.1 Å². The van der Waals surface area contributed by atoms with Gasteiger partial charge in [-0.05, 0) is 25.3 Å². The van der Waals surface area contributed by atoms with Gasteiger partial charge in [-0.25, -0.2) is 9.78 Å². The molecule has 2 heterocycles. The van der Waals surface area contributed by atoms with E-state index in [4.69, 9.17) is 4.74 Å². The van der Waals surface area contributed by atoms with Crippen LogP contribution in [-0.4, -0.2) is 23.0 Å². The minimum atomic E-state index is -0.871. The summed E-state index contributed by atoms with van der Waals surface area (Å²) in [5.41, 5.74) is 1.55. The van der Waals surface area contributed by atoms with Gasteiger partial charge in [0.1, 0.15) is 9.88 Å². The zero-order valence-electron chi connectivity index (χ0n) is 14.4. The number of rotatable bonds is 6. The number of esters is 1. The molecule has 1 amide bonds. The van der Waals surface area contributed by atoms with E-state index in [0.717, 1.165) is 15.4 Å². The fourth-order valence-corrected chi connectivity index (χ4v) is 3.89. The molecule has 0 aliphatic heterocycles. The number of hydrogen-bond donors (Lipinski definition) is 1. The number of thiazole rings is 1. The molecule has 3 rings (SSSR count). The van der Waals surface area contributed by atoms with Crippen molar-refractivity contribution in [3.63, 3.8) is 0 Å². The molecule has 0 bridgehead atoms. The molecule has 1 atom stereocenters. The Morgan fingerprint density at radius 2 is 1.96 bits per heavy atom. The lowest BCUT2D eigenvalue weighted by molar-refractivity contribution is -0.129. The lowest BCUT2D eigenvalue weighted by Gasteiger charge is -2.12. The Bertz CT molecular complexity index is 889. The van der Waals surface area contributed by atoms with Gasteiger partial charge in [0.05, 0.1) is 12.2 Å². The average molecular weight is 386 g/mol. The molecule has 134 valence electrons. The van der Waals surface area contributed by atoms with Crippen LogP contribution >= 0.6 is 22.7 Å². The Kier molecular flexibility index (Phi) is 5.80. The highest BCUT2D eigenvalue weighted by molar-refractivity contribution is 7.17. The maximum Gasteiger partial charge on any atom is 0.351 e. The van der Waals surface area contributed by atoms with Crippen LogP contribution in [0, 0.1) is 6.92 Å². The van der Waals surface area contributed by atoms with Crippen molar-refractivity contribution >= 4 is 34.6 Å². The number of carbonyl (C=O) groups excluding carboxylic acids is 2. The first-order valence-corrected chi connectivity index (χ1v) is 9.78. The molecule has 0 spiro atoms. The van der Waals surface area contributed by atoms with E-state index in [0.29, 0.717) is 17.1 Å². The Hall–Kier alpha value is -2.51. The number of aromatic nitrogens is 1. The zero-order chi connectivity index (χ0) is 18.5. The SMILES string of the molecule is Cc1nc(-c2ccccc2)sc1C(=O)O[C@H](C)C(=O)NCc1cccs1. The Morgan fingerprint density at radius 1 is 1.19 bits per heavy atom. The van der Waals surface area contributed by atoms with Gasteiger partial charge in [0.25, 0.3) is 5.91 Å². The highest BCUT2D eigenvalue weighted by atomic mass is 32.1. The Morgan fingerprint density at radius 3 is 2.65 bits per heavy atom. The molecule has 1 aromatic carbocycles. The van der Waals surface area contributed by atoms with Gasteiger partial charge in [0.2, 0.25) is 0 Å². The van der Waals surface area contributed by atoms with Gasteiger partial charge in [0.15, 0.2) is 6.10 Å². The van der Waals surface area contributed by atoms with Crippen LogP contribution in [0.3, 0.4) is 0 Å². The van der Waals surface area contributed by atoms with Crippen molar-refractivity contribution in [3.8, 4) is 10.6 Å². The number of nitrogens with zero attached hydrogens (tertiary/aromatic N) is 1. The summed E-state index contributed by atoms with van der Waals surface area (Å²) in [7, 11) is 0. The van der Waals surface area contributed by atoms with Crippen LogP contribution in [0.2, 0.25) is 0 Å². The fraction of sp³-hybridized carbons (Fsp3) is 0.211. The van der Waals surface area contributed by atoms with Gasteiger partial charge in [0, 0.05) is 10.4 Å². The molecule has 0 aliphatic rings. The van der Waals surface area contributed by atoms with E-state index >= 15 is 0 Å². The van der Waals surface area contributed by atoms with Crippen LogP contribution in [0.25, 0.3) is 10.6 Å². The number of nitrogens with one attached hydrogen (secondary N) is 1. The third-order valence-corrected chi connectivity index (χ3v) is 5.74. The van der Waals surface area contributed by atoms with Crippen molar-refractivity contribution in [1.82, 2.24) is 10.3 Å². The van der Waals surface area contributed by atoms with E-state index in [2.05, 4.69) is 10.3 Å². The molecule has 7 heteroatoms. The molecule has 1 N–H and O–H groups in total. The monoisotopic (exact) mass is 386 g/mol. The molecule has 0 saturated heterocycles. The van der Waals surface area contributed by atoms with Crippen LogP contribution in [0.15, 0.2) is 47.8 Å². The van der Waals surface area contributed by atoms with Crippen molar-refractivity contribution in [2.75, 3.05) is 0 Å². The lowest BCUT2D eigenvalue weighted by Crippen LogP contribution is -2.35. The molecule has 26 heavy (non-hydrogen) atoms. The van der Waals surface area contributed by atoms with Crippen molar-refractivity contribution in [1.29, 1.82) is 0 Å². The van der Waals surface area contributed by atoms with E-state index in [1.807, 2.05) is 47.8 Å². The smallest absolute Gasteiger partial charge is 0.351 e. The summed E-state index contributed by atoms with van der Waals surface area (Å²) in [5, 5.41) is 5.47. The van der Waals surface area contributed by atoms with Crippen molar-refractivity contribution in [3.05, 3.63) is 63.3 Å².